The number of carbonyl (C=O) groups is 2. The van der Waals surface area contributed by atoms with E-state index in [1.807, 2.05) is 0 Å². The standard InChI is InChI=1S/C23H20ClFN4O4S2/c24-21-4-2-17(34-21)8-12-35(32,33)28-19-7-11-29(23(19)31)20-3-1-16(13-18(20)25)22(30)27-14-15-5-9-26-10-6-15/h1-6,8-10,12-13,19,28H,7,11,14H2,(H,27,30)/b12-8+. The molecular formula is C23H20ClFN4O4S2. The summed E-state index contributed by atoms with van der Waals surface area (Å²) in [5.41, 5.74) is 0.921. The number of pyridine rings is 1. The van der Waals surface area contributed by atoms with Crippen molar-refractivity contribution in [3.05, 3.63) is 86.4 Å². The molecule has 3 heterocycles. The second kappa shape index (κ2) is 10.6. The highest BCUT2D eigenvalue weighted by atomic mass is 35.5. The summed E-state index contributed by atoms with van der Waals surface area (Å²) in [6, 6.07) is 9.60. The van der Waals surface area contributed by atoms with Gasteiger partial charge in [0, 0.05) is 41.3 Å². The zero-order valence-corrected chi connectivity index (χ0v) is 20.5. The van der Waals surface area contributed by atoms with E-state index in [-0.39, 0.29) is 30.8 Å². The highest BCUT2D eigenvalue weighted by Crippen LogP contribution is 2.26. The van der Waals surface area contributed by atoms with Gasteiger partial charge in [-0.3, -0.25) is 14.6 Å². The molecule has 0 saturated carbocycles. The molecule has 182 valence electrons. The quantitative estimate of drug-likeness (QED) is 0.459. The van der Waals surface area contributed by atoms with Gasteiger partial charge in [0.2, 0.25) is 15.9 Å². The number of rotatable bonds is 8. The Morgan fingerprint density at radius 2 is 2.00 bits per heavy atom. The number of nitrogens with zero attached hydrogens (tertiary/aromatic N) is 2. The van der Waals surface area contributed by atoms with Crippen LogP contribution in [-0.4, -0.2) is 37.8 Å². The first-order valence-electron chi connectivity index (χ1n) is 10.5. The van der Waals surface area contributed by atoms with Crippen molar-refractivity contribution in [2.45, 2.75) is 19.0 Å². The van der Waals surface area contributed by atoms with Gasteiger partial charge in [0.25, 0.3) is 5.91 Å². The van der Waals surface area contributed by atoms with Crippen molar-refractivity contribution in [1.29, 1.82) is 0 Å². The molecule has 2 aromatic heterocycles. The third-order valence-electron chi connectivity index (χ3n) is 5.22. The number of hydrogen-bond acceptors (Lipinski definition) is 6. The zero-order valence-electron chi connectivity index (χ0n) is 18.1. The van der Waals surface area contributed by atoms with Crippen LogP contribution in [0.25, 0.3) is 6.08 Å². The molecule has 1 unspecified atom stereocenters. The average Bonchev–Trinajstić information content (AvgIpc) is 3.42. The van der Waals surface area contributed by atoms with Crippen molar-refractivity contribution in [3.8, 4) is 0 Å². The Bertz CT molecular complexity index is 1380. The second-order valence-electron chi connectivity index (χ2n) is 7.64. The summed E-state index contributed by atoms with van der Waals surface area (Å²) in [7, 11) is -3.91. The van der Waals surface area contributed by atoms with Crippen LogP contribution in [0.3, 0.4) is 0 Å². The van der Waals surface area contributed by atoms with Gasteiger partial charge in [0.15, 0.2) is 0 Å². The molecule has 2 amide bonds. The Morgan fingerprint density at radius 1 is 1.23 bits per heavy atom. The Hall–Kier alpha value is -3.12. The number of carbonyl (C=O) groups excluding carboxylic acids is 2. The zero-order chi connectivity index (χ0) is 25.0. The number of aromatic nitrogens is 1. The van der Waals surface area contributed by atoms with E-state index in [0.29, 0.717) is 9.21 Å². The van der Waals surface area contributed by atoms with E-state index in [0.717, 1.165) is 17.0 Å². The van der Waals surface area contributed by atoms with Gasteiger partial charge >= 0.3 is 0 Å². The van der Waals surface area contributed by atoms with Gasteiger partial charge in [0.05, 0.1) is 10.0 Å². The molecular weight excluding hydrogens is 515 g/mol. The minimum absolute atomic E-state index is 0.0221. The van der Waals surface area contributed by atoms with Crippen LogP contribution < -0.4 is 14.9 Å². The number of anilines is 1. The van der Waals surface area contributed by atoms with E-state index >= 15 is 0 Å². The summed E-state index contributed by atoms with van der Waals surface area (Å²) < 4.78 is 42.5. The molecule has 35 heavy (non-hydrogen) atoms. The Labute approximate surface area is 210 Å². The maximum atomic E-state index is 14.8. The summed E-state index contributed by atoms with van der Waals surface area (Å²) in [5, 5.41) is 3.66. The van der Waals surface area contributed by atoms with Gasteiger partial charge in [0.1, 0.15) is 11.9 Å². The van der Waals surface area contributed by atoms with E-state index in [4.69, 9.17) is 11.6 Å². The summed E-state index contributed by atoms with van der Waals surface area (Å²) in [6.45, 7) is 0.381. The maximum Gasteiger partial charge on any atom is 0.251 e. The lowest BCUT2D eigenvalue weighted by Crippen LogP contribution is -2.40. The Kier molecular flexibility index (Phi) is 7.60. The molecule has 12 heteroatoms. The van der Waals surface area contributed by atoms with Gasteiger partial charge in [-0.1, -0.05) is 11.6 Å². The van der Waals surface area contributed by atoms with E-state index in [1.54, 1.807) is 36.7 Å². The predicted octanol–water partition coefficient (Wildman–Crippen LogP) is 3.56. The lowest BCUT2D eigenvalue weighted by molar-refractivity contribution is -0.118. The van der Waals surface area contributed by atoms with Crippen LogP contribution in [0.15, 0.2) is 60.3 Å². The summed E-state index contributed by atoms with van der Waals surface area (Å²) in [5.74, 6) is -1.80. The van der Waals surface area contributed by atoms with Crippen LogP contribution in [0.5, 0.6) is 0 Å². The normalized spacial score (nSPS) is 16.2. The molecule has 0 radical (unpaired) electrons. The minimum atomic E-state index is -3.91. The maximum absolute atomic E-state index is 14.8. The fraction of sp³-hybridized carbons (Fsp3) is 0.174. The number of benzene rings is 1. The number of hydrogen-bond donors (Lipinski definition) is 2. The van der Waals surface area contributed by atoms with Crippen molar-refractivity contribution in [3.63, 3.8) is 0 Å². The van der Waals surface area contributed by atoms with E-state index in [9.17, 15) is 22.4 Å². The average molecular weight is 535 g/mol. The highest BCUT2D eigenvalue weighted by Gasteiger charge is 2.36. The molecule has 1 aliphatic rings. The number of sulfonamides is 1. The van der Waals surface area contributed by atoms with Crippen LogP contribution >= 0.6 is 22.9 Å². The monoisotopic (exact) mass is 534 g/mol. The van der Waals surface area contributed by atoms with Crippen molar-refractivity contribution in [1.82, 2.24) is 15.0 Å². The van der Waals surface area contributed by atoms with Crippen LogP contribution in [0, 0.1) is 5.82 Å². The van der Waals surface area contributed by atoms with E-state index in [1.165, 1.54) is 34.4 Å². The SMILES string of the molecule is O=C(NCc1ccncc1)c1ccc(N2CCC(NS(=O)(=O)/C=C/c3ccc(Cl)s3)C2=O)c(F)c1. The third kappa shape index (κ3) is 6.31. The summed E-state index contributed by atoms with van der Waals surface area (Å²) >= 11 is 7.05. The number of amides is 2. The molecule has 1 aromatic carbocycles. The Balaban J connectivity index is 1.39. The number of nitrogens with one attached hydrogen (secondary N) is 2. The lowest BCUT2D eigenvalue weighted by Gasteiger charge is -2.18. The van der Waals surface area contributed by atoms with Gasteiger partial charge in [-0.05, 0) is 60.5 Å². The fourth-order valence-electron chi connectivity index (χ4n) is 3.49. The third-order valence-corrected chi connectivity index (χ3v) is 7.52. The molecule has 1 aliphatic heterocycles. The minimum Gasteiger partial charge on any atom is -0.348 e. The van der Waals surface area contributed by atoms with Crippen LogP contribution in [0.1, 0.15) is 27.2 Å². The summed E-state index contributed by atoms with van der Waals surface area (Å²) in [4.78, 5) is 30.9. The molecule has 0 aliphatic carbocycles. The largest absolute Gasteiger partial charge is 0.348 e. The van der Waals surface area contributed by atoms with Crippen LogP contribution in [0.4, 0.5) is 10.1 Å². The number of halogens is 2. The number of thiophene rings is 1. The second-order valence-corrected chi connectivity index (χ2v) is 11.0. The van der Waals surface area contributed by atoms with Gasteiger partial charge in [-0.2, -0.15) is 4.72 Å². The first kappa shape index (κ1) is 25.0. The topological polar surface area (TPSA) is 108 Å². The predicted molar refractivity (Wildman–Crippen MR) is 133 cm³/mol. The molecule has 1 atom stereocenters. The first-order valence-corrected chi connectivity index (χ1v) is 13.2. The van der Waals surface area contributed by atoms with E-state index < -0.39 is 33.7 Å². The molecule has 3 aromatic rings. The molecule has 0 bridgehead atoms. The molecule has 2 N–H and O–H groups in total. The first-order chi connectivity index (χ1) is 16.7. The van der Waals surface area contributed by atoms with Gasteiger partial charge in [-0.15, -0.1) is 11.3 Å². The van der Waals surface area contributed by atoms with Crippen LogP contribution in [-0.2, 0) is 21.4 Å². The fourth-order valence-corrected chi connectivity index (χ4v) is 5.56. The van der Waals surface area contributed by atoms with Gasteiger partial charge in [-0.25, -0.2) is 12.8 Å². The van der Waals surface area contributed by atoms with Crippen LogP contribution in [0.2, 0.25) is 4.34 Å². The lowest BCUT2D eigenvalue weighted by atomic mass is 10.1. The van der Waals surface area contributed by atoms with Crippen molar-refractivity contribution >= 4 is 56.5 Å². The smallest absolute Gasteiger partial charge is 0.251 e. The van der Waals surface area contributed by atoms with Crippen molar-refractivity contribution in [2.75, 3.05) is 11.4 Å². The summed E-state index contributed by atoms with van der Waals surface area (Å²) in [6.07, 6.45) is 4.76. The van der Waals surface area contributed by atoms with Crippen molar-refractivity contribution in [2.24, 2.45) is 0 Å². The van der Waals surface area contributed by atoms with Gasteiger partial charge < -0.3 is 10.2 Å². The Morgan fingerprint density at radius 3 is 2.69 bits per heavy atom. The molecule has 8 nitrogen and oxygen atoms in total. The van der Waals surface area contributed by atoms with E-state index in [2.05, 4.69) is 15.0 Å². The molecule has 1 saturated heterocycles. The van der Waals surface area contributed by atoms with Crippen molar-refractivity contribution < 1.29 is 22.4 Å². The molecule has 1 fully saturated rings. The molecule has 4 rings (SSSR count). The molecule has 0 spiro atoms. The highest BCUT2D eigenvalue weighted by molar-refractivity contribution is 7.92.